The Hall–Kier alpha value is -1.53. The molecular formula is C13H16N4S2. The predicted molar refractivity (Wildman–Crippen MR) is 83.7 cm³/mol. The number of nitrogens with two attached hydrogens (primary N) is 1. The zero-order valence-corrected chi connectivity index (χ0v) is 12.5. The van der Waals surface area contributed by atoms with Crippen LogP contribution in [0.5, 0.6) is 0 Å². The molecule has 1 unspecified atom stereocenters. The van der Waals surface area contributed by atoms with Crippen molar-refractivity contribution in [1.29, 1.82) is 0 Å². The molecule has 0 aliphatic heterocycles. The fraction of sp³-hybridized carbons (Fsp3) is 0.308. The molecule has 1 atom stereocenters. The topological polar surface area (TPSA) is 63.8 Å². The summed E-state index contributed by atoms with van der Waals surface area (Å²) in [6.07, 6.45) is 4.63. The van der Waals surface area contributed by atoms with Gasteiger partial charge in [-0.25, -0.2) is 9.97 Å². The first-order valence-corrected chi connectivity index (χ1v) is 7.29. The monoisotopic (exact) mass is 292 g/mol. The Bertz CT molecular complexity index is 562. The SMILES string of the molecule is CCc1cnc(C(C)Nc2ccc(C(N)=S)cn2)s1. The lowest BCUT2D eigenvalue weighted by Gasteiger charge is -2.12. The van der Waals surface area contributed by atoms with Crippen LogP contribution < -0.4 is 11.1 Å². The summed E-state index contributed by atoms with van der Waals surface area (Å²) in [6.45, 7) is 4.20. The summed E-state index contributed by atoms with van der Waals surface area (Å²) in [5, 5.41) is 4.38. The van der Waals surface area contributed by atoms with E-state index in [0.717, 1.165) is 22.8 Å². The van der Waals surface area contributed by atoms with Gasteiger partial charge in [0.25, 0.3) is 0 Å². The minimum absolute atomic E-state index is 0.133. The van der Waals surface area contributed by atoms with E-state index < -0.39 is 0 Å². The summed E-state index contributed by atoms with van der Waals surface area (Å²) < 4.78 is 0. The lowest BCUT2D eigenvalue weighted by molar-refractivity contribution is 0.860. The Kier molecular flexibility index (Phi) is 4.44. The van der Waals surface area contributed by atoms with Crippen molar-refractivity contribution in [2.45, 2.75) is 26.3 Å². The highest BCUT2D eigenvalue weighted by molar-refractivity contribution is 7.80. The zero-order valence-electron chi connectivity index (χ0n) is 10.9. The fourth-order valence-corrected chi connectivity index (χ4v) is 2.58. The first-order valence-electron chi connectivity index (χ1n) is 6.07. The van der Waals surface area contributed by atoms with E-state index >= 15 is 0 Å². The van der Waals surface area contributed by atoms with Crippen molar-refractivity contribution in [2.75, 3.05) is 5.32 Å². The molecule has 0 saturated carbocycles. The second kappa shape index (κ2) is 6.08. The van der Waals surface area contributed by atoms with Crippen LogP contribution in [-0.2, 0) is 6.42 Å². The lowest BCUT2D eigenvalue weighted by atomic mass is 10.3. The number of thiocarbonyl (C=S) groups is 1. The van der Waals surface area contributed by atoms with Gasteiger partial charge >= 0.3 is 0 Å². The number of nitrogens with zero attached hydrogens (tertiary/aromatic N) is 2. The van der Waals surface area contributed by atoms with Gasteiger partial charge in [0.2, 0.25) is 0 Å². The molecule has 0 bridgehead atoms. The van der Waals surface area contributed by atoms with Crippen LogP contribution in [0.3, 0.4) is 0 Å². The van der Waals surface area contributed by atoms with Crippen molar-refractivity contribution < 1.29 is 0 Å². The van der Waals surface area contributed by atoms with Gasteiger partial charge in [-0.1, -0.05) is 19.1 Å². The average Bonchev–Trinajstić information content (AvgIpc) is 2.88. The molecule has 6 heteroatoms. The Balaban J connectivity index is 2.05. The molecule has 2 rings (SSSR count). The molecule has 0 amide bonds. The van der Waals surface area contributed by atoms with Crippen LogP contribution in [0.1, 0.15) is 35.3 Å². The summed E-state index contributed by atoms with van der Waals surface area (Å²) in [5.41, 5.74) is 6.31. The second-order valence-corrected chi connectivity index (χ2v) is 5.77. The maximum atomic E-state index is 5.54. The summed E-state index contributed by atoms with van der Waals surface area (Å²) in [6, 6.07) is 3.87. The summed E-state index contributed by atoms with van der Waals surface area (Å²) >= 11 is 6.62. The van der Waals surface area contributed by atoms with Crippen LogP contribution in [0.4, 0.5) is 5.82 Å². The van der Waals surface area contributed by atoms with E-state index in [1.54, 1.807) is 17.5 Å². The standard InChI is InChI=1S/C13H16N4S2/c1-3-10-7-16-13(19-10)8(2)17-11-5-4-9(6-15-11)12(14)18/h4-8H,3H2,1-2H3,(H2,14,18)(H,15,17). The van der Waals surface area contributed by atoms with Gasteiger partial charge < -0.3 is 11.1 Å². The Labute approximate surface area is 122 Å². The van der Waals surface area contributed by atoms with Crippen molar-refractivity contribution in [3.8, 4) is 0 Å². The van der Waals surface area contributed by atoms with E-state index in [1.165, 1.54) is 4.88 Å². The van der Waals surface area contributed by atoms with Crippen LogP contribution in [0.15, 0.2) is 24.5 Å². The first-order chi connectivity index (χ1) is 9.10. The second-order valence-electron chi connectivity index (χ2n) is 4.18. The number of rotatable bonds is 5. The zero-order chi connectivity index (χ0) is 13.8. The minimum Gasteiger partial charge on any atom is -0.389 e. The van der Waals surface area contributed by atoms with Gasteiger partial charge in [-0.3, -0.25) is 0 Å². The van der Waals surface area contributed by atoms with E-state index in [0.29, 0.717) is 4.99 Å². The molecule has 2 aromatic heterocycles. The molecule has 0 aliphatic carbocycles. The number of aromatic nitrogens is 2. The van der Waals surface area contributed by atoms with Crippen LogP contribution in [0.2, 0.25) is 0 Å². The molecule has 3 N–H and O–H groups in total. The van der Waals surface area contributed by atoms with Gasteiger partial charge in [-0.2, -0.15) is 0 Å². The molecule has 0 fully saturated rings. The number of hydrogen-bond acceptors (Lipinski definition) is 5. The van der Waals surface area contributed by atoms with Gasteiger partial charge in [0, 0.05) is 22.8 Å². The summed E-state index contributed by atoms with van der Waals surface area (Å²) in [5.74, 6) is 0.792. The first kappa shape index (κ1) is 13.9. The summed E-state index contributed by atoms with van der Waals surface area (Å²) in [7, 11) is 0. The van der Waals surface area contributed by atoms with Crippen molar-refractivity contribution in [2.24, 2.45) is 5.73 Å². The number of thiazole rings is 1. The number of aryl methyl sites for hydroxylation is 1. The molecule has 0 aromatic carbocycles. The molecule has 0 saturated heterocycles. The van der Waals surface area contributed by atoms with Gasteiger partial charge in [-0.05, 0) is 25.5 Å². The maximum absolute atomic E-state index is 5.54. The molecule has 0 spiro atoms. The van der Waals surface area contributed by atoms with E-state index in [4.69, 9.17) is 18.0 Å². The minimum atomic E-state index is 0.133. The van der Waals surface area contributed by atoms with Gasteiger partial charge in [0.05, 0.1) is 6.04 Å². The number of nitrogens with one attached hydrogen (secondary N) is 1. The Morgan fingerprint density at radius 2 is 2.21 bits per heavy atom. The van der Waals surface area contributed by atoms with Crippen molar-refractivity contribution >= 4 is 34.4 Å². The van der Waals surface area contributed by atoms with E-state index in [9.17, 15) is 0 Å². The average molecular weight is 292 g/mol. The molecule has 2 heterocycles. The maximum Gasteiger partial charge on any atom is 0.126 e. The van der Waals surface area contributed by atoms with E-state index in [1.807, 2.05) is 18.3 Å². The van der Waals surface area contributed by atoms with Crippen LogP contribution in [-0.4, -0.2) is 15.0 Å². The third kappa shape index (κ3) is 3.48. The highest BCUT2D eigenvalue weighted by atomic mass is 32.1. The lowest BCUT2D eigenvalue weighted by Crippen LogP contribution is -2.11. The van der Waals surface area contributed by atoms with Gasteiger partial charge in [0.1, 0.15) is 15.8 Å². The molecule has 4 nitrogen and oxygen atoms in total. The Morgan fingerprint density at radius 1 is 1.42 bits per heavy atom. The van der Waals surface area contributed by atoms with Crippen molar-refractivity contribution in [3.63, 3.8) is 0 Å². The van der Waals surface area contributed by atoms with E-state index in [2.05, 4.69) is 29.1 Å². The molecular weight excluding hydrogens is 276 g/mol. The number of anilines is 1. The number of pyridine rings is 1. The molecule has 19 heavy (non-hydrogen) atoms. The number of hydrogen-bond donors (Lipinski definition) is 2. The highest BCUT2D eigenvalue weighted by Gasteiger charge is 2.10. The third-order valence-electron chi connectivity index (χ3n) is 2.70. The van der Waals surface area contributed by atoms with Crippen LogP contribution >= 0.6 is 23.6 Å². The van der Waals surface area contributed by atoms with Crippen molar-refractivity contribution in [3.05, 3.63) is 40.0 Å². The van der Waals surface area contributed by atoms with Gasteiger partial charge in [-0.15, -0.1) is 11.3 Å². The van der Waals surface area contributed by atoms with Gasteiger partial charge in [0.15, 0.2) is 0 Å². The largest absolute Gasteiger partial charge is 0.389 e. The van der Waals surface area contributed by atoms with Crippen LogP contribution in [0.25, 0.3) is 0 Å². The van der Waals surface area contributed by atoms with E-state index in [-0.39, 0.29) is 6.04 Å². The normalized spacial score (nSPS) is 12.1. The molecule has 0 aliphatic rings. The quantitative estimate of drug-likeness (QED) is 0.830. The third-order valence-corrected chi connectivity index (χ3v) is 4.26. The fourth-order valence-electron chi connectivity index (χ4n) is 1.59. The van der Waals surface area contributed by atoms with Crippen molar-refractivity contribution in [1.82, 2.24) is 9.97 Å². The molecule has 2 aromatic rings. The molecule has 100 valence electrons. The van der Waals surface area contributed by atoms with Crippen LogP contribution in [0, 0.1) is 0 Å². The molecule has 0 radical (unpaired) electrons. The summed E-state index contributed by atoms with van der Waals surface area (Å²) in [4.78, 5) is 10.4. The Morgan fingerprint density at radius 3 is 2.74 bits per heavy atom. The predicted octanol–water partition coefficient (Wildman–Crippen LogP) is 2.91. The highest BCUT2D eigenvalue weighted by Crippen LogP contribution is 2.23. The smallest absolute Gasteiger partial charge is 0.126 e.